The lowest BCUT2D eigenvalue weighted by Gasteiger charge is -2.03. The molecular weight excluding hydrogens is 162 g/mol. The maximum absolute atomic E-state index is 11.5. The minimum atomic E-state index is -0.0613. The van der Waals surface area contributed by atoms with Gasteiger partial charge in [0.15, 0.2) is 5.78 Å². The highest BCUT2D eigenvalue weighted by Gasteiger charge is 2.07. The minimum Gasteiger partial charge on any atom is -0.328 e. The van der Waals surface area contributed by atoms with Gasteiger partial charge in [-0.3, -0.25) is 4.79 Å². The van der Waals surface area contributed by atoms with Gasteiger partial charge >= 0.3 is 0 Å². The Balaban J connectivity index is 2.72. The molecule has 1 unspecified atom stereocenters. The van der Waals surface area contributed by atoms with Gasteiger partial charge < -0.3 is 5.73 Å². The predicted molar refractivity (Wildman–Crippen MR) is 53.8 cm³/mol. The Labute approximate surface area is 78.8 Å². The highest BCUT2D eigenvalue weighted by molar-refractivity contribution is 5.96. The number of carbonyl (C=O) groups is 1. The molecule has 2 N–H and O–H groups in total. The van der Waals surface area contributed by atoms with Gasteiger partial charge in [0.1, 0.15) is 0 Å². The number of carbonyl (C=O) groups excluding carboxylic acids is 1. The van der Waals surface area contributed by atoms with E-state index in [1.54, 1.807) is 0 Å². The van der Waals surface area contributed by atoms with E-state index in [9.17, 15) is 4.79 Å². The third-order valence-corrected chi connectivity index (χ3v) is 1.88. The predicted octanol–water partition coefficient (Wildman–Crippen LogP) is 1.92. The zero-order valence-electron chi connectivity index (χ0n) is 8.08. The lowest BCUT2D eigenvalue weighted by Crippen LogP contribution is -2.19. The molecule has 0 heterocycles. The van der Waals surface area contributed by atoms with Gasteiger partial charge in [-0.2, -0.15) is 0 Å². The Hall–Kier alpha value is -1.15. The average molecular weight is 177 g/mol. The molecule has 0 aliphatic rings. The number of aryl methyl sites for hydroxylation is 1. The molecule has 1 aromatic carbocycles. The summed E-state index contributed by atoms with van der Waals surface area (Å²) in [6.07, 6.45) is 0.420. The molecule has 0 amide bonds. The number of hydrogen-bond donors (Lipinski definition) is 1. The summed E-state index contributed by atoms with van der Waals surface area (Å²) in [5, 5.41) is 0. The molecule has 1 atom stereocenters. The molecule has 0 aliphatic carbocycles. The van der Waals surface area contributed by atoms with Crippen LogP contribution in [0.5, 0.6) is 0 Å². The van der Waals surface area contributed by atoms with Crippen LogP contribution in [0.4, 0.5) is 0 Å². The fourth-order valence-corrected chi connectivity index (χ4v) is 1.15. The maximum Gasteiger partial charge on any atom is 0.164 e. The quantitative estimate of drug-likeness (QED) is 0.717. The first-order valence-corrected chi connectivity index (χ1v) is 4.45. The molecule has 0 aromatic heterocycles. The first-order valence-electron chi connectivity index (χ1n) is 4.45. The molecule has 2 nitrogen and oxygen atoms in total. The first-order chi connectivity index (χ1) is 6.09. The van der Waals surface area contributed by atoms with Gasteiger partial charge in [0.05, 0.1) is 0 Å². The average Bonchev–Trinajstić information content (AvgIpc) is 2.04. The normalized spacial score (nSPS) is 12.5. The van der Waals surface area contributed by atoms with E-state index in [1.165, 1.54) is 0 Å². The van der Waals surface area contributed by atoms with Crippen LogP contribution in [-0.4, -0.2) is 11.8 Å². The number of hydrogen-bond acceptors (Lipinski definition) is 2. The van der Waals surface area contributed by atoms with Crippen molar-refractivity contribution < 1.29 is 4.79 Å². The number of nitrogens with two attached hydrogens (primary N) is 1. The highest BCUT2D eigenvalue weighted by Crippen LogP contribution is 2.06. The summed E-state index contributed by atoms with van der Waals surface area (Å²) < 4.78 is 0. The molecule has 0 aliphatic heterocycles. The van der Waals surface area contributed by atoms with E-state index in [0.29, 0.717) is 6.42 Å². The van der Waals surface area contributed by atoms with Crippen molar-refractivity contribution in [2.75, 3.05) is 0 Å². The summed E-state index contributed by atoms with van der Waals surface area (Å²) in [4.78, 5) is 11.5. The Morgan fingerprint density at radius 3 is 2.38 bits per heavy atom. The van der Waals surface area contributed by atoms with Crippen LogP contribution in [0.15, 0.2) is 24.3 Å². The first kappa shape index (κ1) is 9.93. The molecule has 0 saturated heterocycles. The smallest absolute Gasteiger partial charge is 0.164 e. The van der Waals surface area contributed by atoms with Crippen molar-refractivity contribution >= 4 is 5.78 Å². The third kappa shape index (κ3) is 2.99. The molecule has 1 rings (SSSR count). The molecule has 0 bridgehead atoms. The van der Waals surface area contributed by atoms with Gasteiger partial charge in [0, 0.05) is 18.0 Å². The van der Waals surface area contributed by atoms with Crippen molar-refractivity contribution in [1.29, 1.82) is 0 Å². The number of rotatable bonds is 3. The van der Waals surface area contributed by atoms with Crippen LogP contribution in [0.2, 0.25) is 0 Å². The van der Waals surface area contributed by atoms with Crippen LogP contribution in [0.1, 0.15) is 29.3 Å². The van der Waals surface area contributed by atoms with E-state index < -0.39 is 0 Å². The van der Waals surface area contributed by atoms with Gasteiger partial charge in [-0.25, -0.2) is 0 Å². The second-order valence-electron chi connectivity index (χ2n) is 3.47. The van der Waals surface area contributed by atoms with Crippen molar-refractivity contribution in [3.8, 4) is 0 Å². The second-order valence-corrected chi connectivity index (χ2v) is 3.47. The van der Waals surface area contributed by atoms with E-state index in [0.717, 1.165) is 11.1 Å². The highest BCUT2D eigenvalue weighted by atomic mass is 16.1. The number of Topliss-reactive ketones (excluding diaryl/α,β-unsaturated/α-hetero) is 1. The Bertz CT molecular complexity index is 287. The molecular formula is C11H15NO. The Morgan fingerprint density at radius 2 is 1.92 bits per heavy atom. The fraction of sp³-hybridized carbons (Fsp3) is 0.364. The van der Waals surface area contributed by atoms with E-state index in [4.69, 9.17) is 5.73 Å². The van der Waals surface area contributed by atoms with Crippen molar-refractivity contribution in [3.05, 3.63) is 35.4 Å². The van der Waals surface area contributed by atoms with Crippen LogP contribution in [-0.2, 0) is 0 Å². The van der Waals surface area contributed by atoms with Gasteiger partial charge in [-0.05, 0) is 13.8 Å². The van der Waals surface area contributed by atoms with E-state index in [-0.39, 0.29) is 11.8 Å². The number of ketones is 1. The minimum absolute atomic E-state index is 0.0613. The fourth-order valence-electron chi connectivity index (χ4n) is 1.15. The second kappa shape index (κ2) is 4.19. The SMILES string of the molecule is Cc1ccc(C(=O)CC(C)N)cc1. The lowest BCUT2D eigenvalue weighted by molar-refractivity contribution is 0.0976. The monoisotopic (exact) mass is 177 g/mol. The van der Waals surface area contributed by atoms with Gasteiger partial charge in [-0.15, -0.1) is 0 Å². The molecule has 13 heavy (non-hydrogen) atoms. The van der Waals surface area contributed by atoms with Gasteiger partial charge in [0.2, 0.25) is 0 Å². The zero-order valence-corrected chi connectivity index (χ0v) is 8.08. The van der Waals surface area contributed by atoms with Crippen LogP contribution < -0.4 is 5.73 Å². The summed E-state index contributed by atoms with van der Waals surface area (Å²) >= 11 is 0. The molecule has 0 saturated carbocycles. The summed E-state index contributed by atoms with van der Waals surface area (Å²) in [5.41, 5.74) is 7.46. The van der Waals surface area contributed by atoms with Crippen molar-refractivity contribution in [3.63, 3.8) is 0 Å². The Morgan fingerprint density at radius 1 is 1.38 bits per heavy atom. The zero-order chi connectivity index (χ0) is 9.84. The third-order valence-electron chi connectivity index (χ3n) is 1.88. The van der Waals surface area contributed by atoms with Crippen LogP contribution in [0.25, 0.3) is 0 Å². The Kier molecular flexibility index (Phi) is 3.20. The topological polar surface area (TPSA) is 43.1 Å². The molecule has 1 aromatic rings. The summed E-state index contributed by atoms with van der Waals surface area (Å²) in [6, 6.07) is 7.51. The molecule has 0 fully saturated rings. The largest absolute Gasteiger partial charge is 0.328 e. The number of benzene rings is 1. The van der Waals surface area contributed by atoms with Gasteiger partial charge in [-0.1, -0.05) is 29.8 Å². The molecule has 2 heteroatoms. The van der Waals surface area contributed by atoms with Crippen LogP contribution >= 0.6 is 0 Å². The molecule has 0 radical (unpaired) electrons. The standard InChI is InChI=1S/C11H15NO/c1-8-3-5-10(6-4-8)11(13)7-9(2)12/h3-6,9H,7,12H2,1-2H3. The summed E-state index contributed by atoms with van der Waals surface area (Å²) in [7, 11) is 0. The maximum atomic E-state index is 11.5. The lowest BCUT2D eigenvalue weighted by atomic mass is 10.0. The molecule has 0 spiro atoms. The van der Waals surface area contributed by atoms with E-state index in [2.05, 4.69) is 0 Å². The van der Waals surface area contributed by atoms with Crippen LogP contribution in [0, 0.1) is 6.92 Å². The molecule has 70 valence electrons. The van der Waals surface area contributed by atoms with Crippen molar-refractivity contribution in [2.24, 2.45) is 5.73 Å². The van der Waals surface area contributed by atoms with Crippen molar-refractivity contribution in [2.45, 2.75) is 26.3 Å². The van der Waals surface area contributed by atoms with E-state index >= 15 is 0 Å². The van der Waals surface area contributed by atoms with Gasteiger partial charge in [0.25, 0.3) is 0 Å². The summed E-state index contributed by atoms with van der Waals surface area (Å²) in [5.74, 6) is 0.120. The van der Waals surface area contributed by atoms with E-state index in [1.807, 2.05) is 38.1 Å². The van der Waals surface area contributed by atoms with Crippen molar-refractivity contribution in [1.82, 2.24) is 0 Å². The van der Waals surface area contributed by atoms with Crippen LogP contribution in [0.3, 0.4) is 0 Å². The summed E-state index contributed by atoms with van der Waals surface area (Å²) in [6.45, 7) is 3.84.